The second-order valence-corrected chi connectivity index (χ2v) is 11.0. The van der Waals surface area contributed by atoms with Crippen LogP contribution in [-0.4, -0.2) is 100 Å². The molecular weight excluding hydrogens is 484 g/mol. The molecule has 0 bridgehead atoms. The average molecular weight is 519 g/mol. The Kier molecular flexibility index (Phi) is 6.07. The second kappa shape index (κ2) is 8.77. The van der Waals surface area contributed by atoms with E-state index in [0.29, 0.717) is 32.4 Å². The van der Waals surface area contributed by atoms with Gasteiger partial charge in [-0.2, -0.15) is 0 Å². The van der Waals surface area contributed by atoms with Gasteiger partial charge in [-0.05, 0) is 19.8 Å². The van der Waals surface area contributed by atoms with Crippen molar-refractivity contribution in [1.82, 2.24) is 28.5 Å². The number of imidazole rings is 1. The highest BCUT2D eigenvalue weighted by Gasteiger charge is 2.51. The molecule has 0 aromatic carbocycles. The monoisotopic (exact) mass is 518 g/mol. The molecule has 2 amide bonds. The molecule has 3 aliphatic rings. The molecule has 3 fully saturated rings. The summed E-state index contributed by atoms with van der Waals surface area (Å²) in [6, 6.07) is -1.26. The van der Waals surface area contributed by atoms with Crippen molar-refractivity contribution in [2.75, 3.05) is 26.2 Å². The first kappa shape index (κ1) is 25.6. The fraction of sp³-hybridized carbons (Fsp3) is 0.708. The molecule has 5 heterocycles. The SMILES string of the molecule is CC(=O)N1C[C@H](O)C[C@H]1C(=O)N1CCC2(CC1)C[C@@](C)(O)[C@H](n1cnc3c1c(=O)n(C)c(=O)n3C)CO2. The molecule has 1 spiro atoms. The molecule has 3 aliphatic heterocycles. The molecule has 4 atom stereocenters. The number of aliphatic hydroxyl groups is 2. The topological polar surface area (TPSA) is 152 Å². The van der Waals surface area contributed by atoms with Gasteiger partial charge in [-0.1, -0.05) is 0 Å². The van der Waals surface area contributed by atoms with E-state index >= 15 is 0 Å². The van der Waals surface area contributed by atoms with Gasteiger partial charge in [0.05, 0.1) is 36.3 Å². The van der Waals surface area contributed by atoms with E-state index in [1.54, 1.807) is 23.4 Å². The summed E-state index contributed by atoms with van der Waals surface area (Å²) in [6.45, 7) is 4.23. The molecule has 5 rings (SSSR count). The van der Waals surface area contributed by atoms with Crippen LogP contribution in [0.5, 0.6) is 0 Å². The normalized spacial score (nSPS) is 29.8. The van der Waals surface area contributed by atoms with Gasteiger partial charge in [-0.15, -0.1) is 0 Å². The lowest BCUT2D eigenvalue weighted by Crippen LogP contribution is -2.59. The fourth-order valence-corrected chi connectivity index (χ4v) is 6.30. The molecule has 2 aromatic rings. The molecule has 13 nitrogen and oxygen atoms in total. The lowest BCUT2D eigenvalue weighted by Gasteiger charge is -2.51. The summed E-state index contributed by atoms with van der Waals surface area (Å²) >= 11 is 0. The number of aryl methyl sites for hydroxylation is 1. The largest absolute Gasteiger partial charge is 0.391 e. The van der Waals surface area contributed by atoms with Gasteiger partial charge in [-0.25, -0.2) is 9.78 Å². The van der Waals surface area contributed by atoms with Crippen LogP contribution < -0.4 is 11.2 Å². The Morgan fingerprint density at radius 3 is 2.46 bits per heavy atom. The van der Waals surface area contributed by atoms with Gasteiger partial charge >= 0.3 is 5.69 Å². The standard InChI is InChI=1S/C24H34N6O7/c1-14(31)29-10-15(32)9-16(29)20(33)28-7-5-24(6-8-28)12-23(2,36)17(11-37-24)30-13-25-19-18(30)21(34)27(4)22(35)26(19)3/h13,15-17,32,36H,5-12H2,1-4H3/t15-,16+,17-,23-/m1/s1. The van der Waals surface area contributed by atoms with Crippen LogP contribution in [0.3, 0.4) is 0 Å². The first-order chi connectivity index (χ1) is 17.3. The summed E-state index contributed by atoms with van der Waals surface area (Å²) < 4.78 is 10.3. The van der Waals surface area contributed by atoms with Crippen molar-refractivity contribution in [3.63, 3.8) is 0 Å². The smallest absolute Gasteiger partial charge is 0.332 e. The number of ether oxygens (including phenoxy) is 1. The van der Waals surface area contributed by atoms with Crippen molar-refractivity contribution >= 4 is 23.0 Å². The molecule has 2 N–H and O–H groups in total. The van der Waals surface area contributed by atoms with Crippen molar-refractivity contribution in [2.24, 2.45) is 14.1 Å². The molecule has 37 heavy (non-hydrogen) atoms. The number of likely N-dealkylation sites (tertiary alicyclic amines) is 2. The number of amides is 2. The maximum Gasteiger partial charge on any atom is 0.332 e. The van der Waals surface area contributed by atoms with Crippen molar-refractivity contribution in [1.29, 1.82) is 0 Å². The van der Waals surface area contributed by atoms with E-state index in [9.17, 15) is 29.4 Å². The minimum atomic E-state index is -1.25. The van der Waals surface area contributed by atoms with Crippen molar-refractivity contribution in [2.45, 2.75) is 68.9 Å². The number of aromatic nitrogens is 4. The quantitative estimate of drug-likeness (QED) is 0.487. The number of aliphatic hydroxyl groups excluding tert-OH is 1. The average Bonchev–Trinajstić information content (AvgIpc) is 3.45. The summed E-state index contributed by atoms with van der Waals surface area (Å²) in [5, 5.41) is 21.6. The summed E-state index contributed by atoms with van der Waals surface area (Å²) in [4.78, 5) is 57.7. The third-order valence-corrected chi connectivity index (χ3v) is 8.41. The Hall–Kier alpha value is -3.03. The number of hydrogen-bond acceptors (Lipinski definition) is 8. The second-order valence-electron chi connectivity index (χ2n) is 11.0. The molecular formula is C24H34N6O7. The van der Waals surface area contributed by atoms with Crippen LogP contribution >= 0.6 is 0 Å². The van der Waals surface area contributed by atoms with Crippen LogP contribution in [0.2, 0.25) is 0 Å². The van der Waals surface area contributed by atoms with Gasteiger partial charge < -0.3 is 29.3 Å². The van der Waals surface area contributed by atoms with E-state index < -0.39 is 40.6 Å². The lowest BCUT2D eigenvalue weighted by molar-refractivity contribution is -0.197. The number of fused-ring (bicyclic) bond motifs is 1. The molecule has 2 aromatic heterocycles. The minimum Gasteiger partial charge on any atom is -0.391 e. The lowest BCUT2D eigenvalue weighted by atomic mass is 9.75. The summed E-state index contributed by atoms with van der Waals surface area (Å²) in [5.74, 6) is -0.406. The zero-order valence-electron chi connectivity index (χ0n) is 21.6. The van der Waals surface area contributed by atoms with Gasteiger partial charge in [0, 0.05) is 53.5 Å². The maximum atomic E-state index is 13.2. The number of carbonyl (C=O) groups excluding carboxylic acids is 2. The summed E-state index contributed by atoms with van der Waals surface area (Å²) in [6.07, 6.45) is 2.30. The van der Waals surface area contributed by atoms with Crippen LogP contribution in [0.15, 0.2) is 15.9 Å². The van der Waals surface area contributed by atoms with Crippen LogP contribution in [0, 0.1) is 0 Å². The number of rotatable bonds is 2. The van der Waals surface area contributed by atoms with E-state index in [0.717, 1.165) is 4.57 Å². The molecule has 13 heteroatoms. The highest BCUT2D eigenvalue weighted by atomic mass is 16.5. The molecule has 3 saturated heterocycles. The van der Waals surface area contributed by atoms with Crippen molar-refractivity contribution in [3.8, 4) is 0 Å². The van der Waals surface area contributed by atoms with Crippen LogP contribution in [0.1, 0.15) is 45.6 Å². The number of piperidine rings is 1. The predicted octanol–water partition coefficient (Wildman–Crippen LogP) is -1.51. The highest BCUT2D eigenvalue weighted by Crippen LogP contribution is 2.44. The third kappa shape index (κ3) is 4.09. The molecule has 0 unspecified atom stereocenters. The van der Waals surface area contributed by atoms with Gasteiger partial charge in [0.2, 0.25) is 11.8 Å². The van der Waals surface area contributed by atoms with Crippen molar-refractivity contribution < 1.29 is 24.5 Å². The van der Waals surface area contributed by atoms with E-state index in [1.807, 2.05) is 0 Å². The zero-order chi connectivity index (χ0) is 26.9. The van der Waals surface area contributed by atoms with Crippen LogP contribution in [-0.2, 0) is 28.4 Å². The Bertz CT molecular complexity index is 1370. The number of nitrogens with zero attached hydrogens (tertiary/aromatic N) is 6. The summed E-state index contributed by atoms with van der Waals surface area (Å²) in [7, 11) is 2.95. The Balaban J connectivity index is 1.32. The minimum absolute atomic E-state index is 0.130. The van der Waals surface area contributed by atoms with Crippen molar-refractivity contribution in [3.05, 3.63) is 27.2 Å². The highest BCUT2D eigenvalue weighted by molar-refractivity contribution is 5.87. The first-order valence-corrected chi connectivity index (χ1v) is 12.6. The Morgan fingerprint density at radius 1 is 1.16 bits per heavy atom. The zero-order valence-corrected chi connectivity index (χ0v) is 21.6. The molecule has 0 radical (unpaired) electrons. The first-order valence-electron chi connectivity index (χ1n) is 12.6. The van der Waals surface area contributed by atoms with Crippen LogP contribution in [0.25, 0.3) is 11.2 Å². The van der Waals surface area contributed by atoms with E-state index in [-0.39, 0.29) is 42.6 Å². The molecule has 0 saturated carbocycles. The van der Waals surface area contributed by atoms with Gasteiger partial charge in [0.25, 0.3) is 5.56 Å². The molecule has 202 valence electrons. The fourth-order valence-electron chi connectivity index (χ4n) is 6.30. The Labute approximate surface area is 212 Å². The number of carbonyl (C=O) groups is 2. The number of β-amino-alcohol motifs (C(OH)–C–C–N with tert-alkyl or cyclic N) is 1. The van der Waals surface area contributed by atoms with Gasteiger partial charge in [-0.3, -0.25) is 23.5 Å². The van der Waals surface area contributed by atoms with E-state index in [4.69, 9.17) is 4.74 Å². The maximum absolute atomic E-state index is 13.2. The van der Waals surface area contributed by atoms with E-state index in [1.165, 1.54) is 29.8 Å². The number of hydrogen-bond donors (Lipinski definition) is 2. The Morgan fingerprint density at radius 2 is 1.84 bits per heavy atom. The third-order valence-electron chi connectivity index (χ3n) is 8.41. The van der Waals surface area contributed by atoms with Gasteiger partial charge in [0.15, 0.2) is 11.2 Å². The van der Waals surface area contributed by atoms with E-state index in [2.05, 4.69) is 4.98 Å². The summed E-state index contributed by atoms with van der Waals surface area (Å²) in [5.41, 5.74) is -2.39. The predicted molar refractivity (Wildman–Crippen MR) is 131 cm³/mol. The van der Waals surface area contributed by atoms with Crippen LogP contribution in [0.4, 0.5) is 0 Å². The molecule has 0 aliphatic carbocycles. The van der Waals surface area contributed by atoms with Gasteiger partial charge in [0.1, 0.15) is 6.04 Å².